The second kappa shape index (κ2) is 8.15. The van der Waals surface area contributed by atoms with E-state index in [1.807, 2.05) is 25.1 Å². The number of nitrogens with zero attached hydrogens (tertiary/aromatic N) is 1. The fraction of sp³-hybridized carbons (Fsp3) is 0.450. The average Bonchev–Trinajstić information content (AvgIpc) is 2.62. The summed E-state index contributed by atoms with van der Waals surface area (Å²) < 4.78 is 11.0. The Labute approximate surface area is 143 Å². The van der Waals surface area contributed by atoms with Crippen LogP contribution in [0.4, 0.5) is 0 Å². The zero-order valence-corrected chi connectivity index (χ0v) is 14.2. The number of carbonyl (C=O) groups is 1. The topological polar surface area (TPSA) is 38.8 Å². The third kappa shape index (κ3) is 4.26. The summed E-state index contributed by atoms with van der Waals surface area (Å²) in [6.45, 7) is 5.76. The lowest BCUT2D eigenvalue weighted by Crippen LogP contribution is -2.39. The highest BCUT2D eigenvalue weighted by atomic mass is 16.5. The van der Waals surface area contributed by atoms with Gasteiger partial charge in [0, 0.05) is 6.54 Å². The number of rotatable bonds is 6. The summed E-state index contributed by atoms with van der Waals surface area (Å²) in [6, 6.07) is 14.5. The van der Waals surface area contributed by atoms with Crippen LogP contribution in [-0.4, -0.2) is 43.7 Å². The number of piperidine rings is 1. The molecule has 0 aliphatic carbocycles. The van der Waals surface area contributed by atoms with E-state index in [1.54, 1.807) is 0 Å². The van der Waals surface area contributed by atoms with Gasteiger partial charge in [-0.15, -0.1) is 0 Å². The molecule has 1 heterocycles. The molecule has 1 fully saturated rings. The number of ether oxygens (including phenoxy) is 2. The van der Waals surface area contributed by atoms with Gasteiger partial charge in [-0.2, -0.15) is 0 Å². The van der Waals surface area contributed by atoms with Crippen molar-refractivity contribution in [2.45, 2.75) is 19.8 Å². The van der Waals surface area contributed by atoms with Crippen molar-refractivity contribution in [3.63, 3.8) is 0 Å². The first-order valence-corrected chi connectivity index (χ1v) is 8.77. The summed E-state index contributed by atoms with van der Waals surface area (Å²) in [7, 11) is 0. The van der Waals surface area contributed by atoms with Crippen LogP contribution >= 0.6 is 0 Å². The number of hydrogen-bond donors (Lipinski definition) is 0. The largest absolute Gasteiger partial charge is 0.492 e. The number of esters is 1. The Bertz CT molecular complexity index is 677. The van der Waals surface area contributed by atoms with Gasteiger partial charge in [0.15, 0.2) is 0 Å². The van der Waals surface area contributed by atoms with Crippen molar-refractivity contribution in [1.29, 1.82) is 0 Å². The highest BCUT2D eigenvalue weighted by Gasteiger charge is 2.25. The Balaban J connectivity index is 1.43. The molecule has 0 atom stereocenters. The summed E-state index contributed by atoms with van der Waals surface area (Å²) in [5.41, 5.74) is 0. The average molecular weight is 327 g/mol. The molecule has 0 bridgehead atoms. The molecule has 0 N–H and O–H groups in total. The molecule has 2 aromatic carbocycles. The van der Waals surface area contributed by atoms with E-state index in [-0.39, 0.29) is 11.9 Å². The first-order valence-electron chi connectivity index (χ1n) is 8.77. The minimum atomic E-state index is -0.0374. The monoisotopic (exact) mass is 327 g/mol. The van der Waals surface area contributed by atoms with Gasteiger partial charge in [0.05, 0.1) is 12.5 Å². The Morgan fingerprint density at radius 2 is 1.88 bits per heavy atom. The van der Waals surface area contributed by atoms with E-state index in [4.69, 9.17) is 9.47 Å². The number of benzene rings is 2. The maximum absolute atomic E-state index is 11.7. The lowest BCUT2D eigenvalue weighted by atomic mass is 9.97. The van der Waals surface area contributed by atoms with Gasteiger partial charge < -0.3 is 9.47 Å². The second-order valence-electron chi connectivity index (χ2n) is 6.23. The summed E-state index contributed by atoms with van der Waals surface area (Å²) in [5, 5.41) is 2.43. The Morgan fingerprint density at radius 1 is 1.12 bits per heavy atom. The van der Waals surface area contributed by atoms with Gasteiger partial charge in [0.25, 0.3) is 0 Å². The van der Waals surface area contributed by atoms with E-state index in [2.05, 4.69) is 29.2 Å². The molecule has 3 rings (SSSR count). The summed E-state index contributed by atoms with van der Waals surface area (Å²) in [4.78, 5) is 14.1. The zero-order chi connectivity index (χ0) is 16.8. The minimum absolute atomic E-state index is 0.0374. The molecule has 4 nitrogen and oxygen atoms in total. The summed E-state index contributed by atoms with van der Waals surface area (Å²) in [5.74, 6) is 0.947. The third-order valence-corrected chi connectivity index (χ3v) is 4.60. The molecule has 1 saturated heterocycles. The normalized spacial score (nSPS) is 16.2. The fourth-order valence-corrected chi connectivity index (χ4v) is 3.20. The molecule has 0 unspecified atom stereocenters. The maximum atomic E-state index is 11.7. The van der Waals surface area contributed by atoms with Crippen molar-refractivity contribution >= 4 is 16.7 Å². The van der Waals surface area contributed by atoms with Crippen LogP contribution in [0.2, 0.25) is 0 Å². The quantitative estimate of drug-likeness (QED) is 0.761. The lowest BCUT2D eigenvalue weighted by molar-refractivity contribution is -0.149. The van der Waals surface area contributed by atoms with Gasteiger partial charge >= 0.3 is 5.97 Å². The van der Waals surface area contributed by atoms with Gasteiger partial charge in [-0.25, -0.2) is 0 Å². The molecule has 0 aromatic heterocycles. The minimum Gasteiger partial charge on any atom is -0.492 e. The Hall–Kier alpha value is -2.07. The SMILES string of the molecule is CCOC(=O)C1CCN(CCOc2ccc3ccccc3c2)CC1. The fourth-order valence-electron chi connectivity index (χ4n) is 3.20. The van der Waals surface area contributed by atoms with Crippen LogP contribution in [0.3, 0.4) is 0 Å². The highest BCUT2D eigenvalue weighted by molar-refractivity contribution is 5.83. The number of fused-ring (bicyclic) bond motifs is 1. The van der Waals surface area contributed by atoms with Gasteiger partial charge in [-0.1, -0.05) is 30.3 Å². The molecular weight excluding hydrogens is 302 g/mol. The van der Waals surface area contributed by atoms with E-state index in [0.29, 0.717) is 13.2 Å². The molecular formula is C20H25NO3. The van der Waals surface area contributed by atoms with Gasteiger partial charge in [0.2, 0.25) is 0 Å². The highest BCUT2D eigenvalue weighted by Crippen LogP contribution is 2.21. The molecule has 24 heavy (non-hydrogen) atoms. The molecule has 4 heteroatoms. The first kappa shape index (κ1) is 16.8. The second-order valence-corrected chi connectivity index (χ2v) is 6.23. The van der Waals surface area contributed by atoms with Gasteiger partial charge in [-0.3, -0.25) is 9.69 Å². The Morgan fingerprint density at radius 3 is 2.62 bits per heavy atom. The zero-order valence-electron chi connectivity index (χ0n) is 14.2. The van der Waals surface area contributed by atoms with Crippen molar-refractivity contribution < 1.29 is 14.3 Å². The predicted molar refractivity (Wildman–Crippen MR) is 95.2 cm³/mol. The van der Waals surface area contributed by atoms with Crippen molar-refractivity contribution in [3.8, 4) is 5.75 Å². The van der Waals surface area contributed by atoms with Crippen LogP contribution in [0.15, 0.2) is 42.5 Å². The van der Waals surface area contributed by atoms with Gasteiger partial charge in [0.1, 0.15) is 12.4 Å². The van der Waals surface area contributed by atoms with Crippen LogP contribution < -0.4 is 4.74 Å². The van der Waals surface area contributed by atoms with E-state index < -0.39 is 0 Å². The van der Waals surface area contributed by atoms with Gasteiger partial charge in [-0.05, 0) is 55.8 Å². The first-order chi connectivity index (χ1) is 11.8. The molecule has 1 aliphatic rings. The predicted octanol–water partition coefficient (Wildman–Crippen LogP) is 3.49. The third-order valence-electron chi connectivity index (χ3n) is 4.60. The molecule has 0 saturated carbocycles. The number of carbonyl (C=O) groups excluding carboxylic acids is 1. The van der Waals surface area contributed by atoms with Crippen LogP contribution in [0.25, 0.3) is 10.8 Å². The van der Waals surface area contributed by atoms with Crippen LogP contribution in [0, 0.1) is 5.92 Å². The van der Waals surface area contributed by atoms with E-state index in [0.717, 1.165) is 38.2 Å². The van der Waals surface area contributed by atoms with Crippen molar-refractivity contribution in [2.75, 3.05) is 32.8 Å². The van der Waals surface area contributed by atoms with Crippen LogP contribution in [0.5, 0.6) is 5.75 Å². The summed E-state index contributed by atoms with van der Waals surface area (Å²) in [6.07, 6.45) is 1.77. The van der Waals surface area contributed by atoms with Crippen LogP contribution in [-0.2, 0) is 9.53 Å². The smallest absolute Gasteiger partial charge is 0.309 e. The van der Waals surface area contributed by atoms with Crippen molar-refractivity contribution in [3.05, 3.63) is 42.5 Å². The maximum Gasteiger partial charge on any atom is 0.309 e. The molecule has 0 radical (unpaired) electrons. The Kier molecular flexibility index (Phi) is 5.70. The molecule has 128 valence electrons. The molecule has 0 spiro atoms. The molecule has 0 amide bonds. The molecule has 2 aromatic rings. The van der Waals surface area contributed by atoms with E-state index in [1.165, 1.54) is 10.8 Å². The lowest BCUT2D eigenvalue weighted by Gasteiger charge is -2.30. The van der Waals surface area contributed by atoms with E-state index >= 15 is 0 Å². The van der Waals surface area contributed by atoms with Crippen LogP contribution in [0.1, 0.15) is 19.8 Å². The number of likely N-dealkylation sites (tertiary alicyclic amines) is 1. The summed E-state index contributed by atoms with van der Waals surface area (Å²) >= 11 is 0. The van der Waals surface area contributed by atoms with Crippen molar-refractivity contribution in [1.82, 2.24) is 4.90 Å². The standard InChI is InChI=1S/C20H25NO3/c1-2-23-20(22)17-9-11-21(12-10-17)13-14-24-19-8-7-16-5-3-4-6-18(16)15-19/h3-8,15,17H,2,9-14H2,1H3. The number of hydrogen-bond acceptors (Lipinski definition) is 4. The van der Waals surface area contributed by atoms with E-state index in [9.17, 15) is 4.79 Å². The molecule has 1 aliphatic heterocycles. The van der Waals surface area contributed by atoms with Crippen molar-refractivity contribution in [2.24, 2.45) is 5.92 Å².